The Morgan fingerprint density at radius 3 is 2.43 bits per heavy atom. The molecular formula is C23H28ClN3O3. The zero-order chi connectivity index (χ0) is 21.5. The molecule has 0 atom stereocenters. The number of hydrogen-bond acceptors (Lipinski definition) is 4. The number of ether oxygens (including phenoxy) is 1. The van der Waals surface area contributed by atoms with Gasteiger partial charge >= 0.3 is 0 Å². The number of nitrogens with zero attached hydrogens (tertiary/aromatic N) is 3. The van der Waals surface area contributed by atoms with E-state index in [0.29, 0.717) is 50.0 Å². The Morgan fingerprint density at radius 2 is 1.77 bits per heavy atom. The predicted molar refractivity (Wildman–Crippen MR) is 119 cm³/mol. The quantitative estimate of drug-likeness (QED) is 0.677. The molecule has 0 saturated carbocycles. The van der Waals surface area contributed by atoms with Crippen molar-refractivity contribution in [1.29, 1.82) is 0 Å². The lowest BCUT2D eigenvalue weighted by Gasteiger charge is -2.30. The molecule has 0 spiro atoms. The molecule has 1 fully saturated rings. The highest BCUT2D eigenvalue weighted by Crippen LogP contribution is 2.30. The Balaban J connectivity index is 1.78. The van der Waals surface area contributed by atoms with Crippen molar-refractivity contribution in [2.75, 3.05) is 51.3 Å². The Morgan fingerprint density at radius 1 is 1.07 bits per heavy atom. The third-order valence-corrected chi connectivity index (χ3v) is 5.52. The van der Waals surface area contributed by atoms with Crippen LogP contribution >= 0.6 is 11.6 Å². The van der Waals surface area contributed by atoms with E-state index in [1.54, 1.807) is 4.90 Å². The minimum atomic E-state index is -0.0753. The van der Waals surface area contributed by atoms with Crippen LogP contribution in [0.2, 0.25) is 5.02 Å². The Hall–Kier alpha value is -2.41. The van der Waals surface area contributed by atoms with Crippen LogP contribution < -0.4 is 4.90 Å². The topological polar surface area (TPSA) is 53.1 Å². The van der Waals surface area contributed by atoms with Crippen molar-refractivity contribution in [3.63, 3.8) is 0 Å². The molecule has 160 valence electrons. The first kappa shape index (κ1) is 22.3. The van der Waals surface area contributed by atoms with Gasteiger partial charge in [-0.2, -0.15) is 0 Å². The van der Waals surface area contributed by atoms with Crippen molar-refractivity contribution in [3.8, 4) is 0 Å². The van der Waals surface area contributed by atoms with Gasteiger partial charge in [0, 0.05) is 48.0 Å². The number of carbonyl (C=O) groups excluding carboxylic acids is 2. The average Bonchev–Trinajstić information content (AvgIpc) is 2.77. The number of morpholine rings is 1. The van der Waals surface area contributed by atoms with Gasteiger partial charge in [-0.25, -0.2) is 0 Å². The smallest absolute Gasteiger partial charge is 0.258 e. The molecular weight excluding hydrogens is 402 g/mol. The molecule has 3 rings (SSSR count). The summed E-state index contributed by atoms with van der Waals surface area (Å²) in [6.45, 7) is 5.61. The van der Waals surface area contributed by atoms with Gasteiger partial charge in [-0.1, -0.05) is 35.9 Å². The highest BCUT2D eigenvalue weighted by molar-refractivity contribution is 6.32. The molecule has 2 aromatic rings. The van der Waals surface area contributed by atoms with Gasteiger partial charge in [0.15, 0.2) is 0 Å². The van der Waals surface area contributed by atoms with E-state index in [0.717, 1.165) is 11.3 Å². The average molecular weight is 430 g/mol. The van der Waals surface area contributed by atoms with Gasteiger partial charge in [0.2, 0.25) is 5.91 Å². The van der Waals surface area contributed by atoms with Crippen LogP contribution in [0.3, 0.4) is 0 Å². The highest BCUT2D eigenvalue weighted by atomic mass is 35.5. The number of halogens is 1. The molecule has 0 aliphatic carbocycles. The first-order valence-electron chi connectivity index (χ1n) is 10.2. The predicted octanol–water partition coefficient (Wildman–Crippen LogP) is 3.30. The van der Waals surface area contributed by atoms with E-state index in [1.165, 1.54) is 0 Å². The molecule has 0 bridgehead atoms. The zero-order valence-corrected chi connectivity index (χ0v) is 18.3. The molecule has 0 radical (unpaired) electrons. The molecule has 1 heterocycles. The van der Waals surface area contributed by atoms with Crippen molar-refractivity contribution in [2.45, 2.75) is 13.5 Å². The third kappa shape index (κ3) is 5.39. The van der Waals surface area contributed by atoms with Crippen LogP contribution in [-0.2, 0) is 16.1 Å². The van der Waals surface area contributed by atoms with Crippen LogP contribution in [-0.4, -0.2) is 68.1 Å². The van der Waals surface area contributed by atoms with E-state index in [2.05, 4.69) is 0 Å². The van der Waals surface area contributed by atoms with Gasteiger partial charge in [0.05, 0.1) is 19.8 Å². The van der Waals surface area contributed by atoms with Gasteiger partial charge in [-0.15, -0.1) is 0 Å². The molecule has 2 aromatic carbocycles. The van der Waals surface area contributed by atoms with Crippen LogP contribution in [0, 0.1) is 0 Å². The fraction of sp³-hybridized carbons (Fsp3) is 0.391. The summed E-state index contributed by atoms with van der Waals surface area (Å²) in [6, 6.07) is 14.8. The lowest BCUT2D eigenvalue weighted by molar-refractivity contribution is -0.136. The van der Waals surface area contributed by atoms with E-state index < -0.39 is 0 Å². The van der Waals surface area contributed by atoms with Crippen molar-refractivity contribution >= 4 is 29.1 Å². The van der Waals surface area contributed by atoms with Crippen LogP contribution in [0.1, 0.15) is 22.8 Å². The number of hydrogen-bond donors (Lipinski definition) is 0. The molecule has 0 N–H and O–H groups in total. The van der Waals surface area contributed by atoms with E-state index in [4.69, 9.17) is 16.3 Å². The van der Waals surface area contributed by atoms with Gasteiger partial charge in [0.1, 0.15) is 0 Å². The number of benzene rings is 2. The molecule has 0 aromatic heterocycles. The van der Waals surface area contributed by atoms with Crippen LogP contribution in [0.15, 0.2) is 48.5 Å². The summed E-state index contributed by atoms with van der Waals surface area (Å²) in [5.74, 6) is -0.00391. The molecule has 1 aliphatic heterocycles. The number of rotatable bonds is 7. The van der Waals surface area contributed by atoms with Gasteiger partial charge in [0.25, 0.3) is 5.91 Å². The lowest BCUT2D eigenvalue weighted by Crippen LogP contribution is -2.45. The number of amides is 2. The maximum atomic E-state index is 13.1. The summed E-state index contributed by atoms with van der Waals surface area (Å²) in [7, 11) is 1.89. The standard InChI is InChI=1S/C23H28ClN3O3/c1-3-27(23(29)18-8-5-4-6-9-18)21-11-7-10-20(24)19(21)16-25(2)17-22(28)26-12-14-30-15-13-26/h4-11H,3,12-17H2,1-2H3. The first-order chi connectivity index (χ1) is 14.5. The maximum Gasteiger partial charge on any atom is 0.258 e. The molecule has 7 heteroatoms. The molecule has 2 amide bonds. The van der Waals surface area contributed by atoms with E-state index in [-0.39, 0.29) is 18.4 Å². The minimum absolute atomic E-state index is 0.0714. The molecule has 30 heavy (non-hydrogen) atoms. The second-order valence-corrected chi connectivity index (χ2v) is 7.73. The summed E-state index contributed by atoms with van der Waals surface area (Å²) < 4.78 is 5.32. The zero-order valence-electron chi connectivity index (χ0n) is 17.5. The lowest BCUT2D eigenvalue weighted by atomic mass is 10.1. The normalized spacial score (nSPS) is 14.1. The molecule has 1 aliphatic rings. The second kappa shape index (κ2) is 10.6. The van der Waals surface area contributed by atoms with Gasteiger partial charge in [-0.05, 0) is 38.2 Å². The number of likely N-dealkylation sites (N-methyl/N-ethyl adjacent to an activating group) is 1. The third-order valence-electron chi connectivity index (χ3n) is 5.16. The Kier molecular flexibility index (Phi) is 7.85. The van der Waals surface area contributed by atoms with E-state index in [9.17, 15) is 9.59 Å². The van der Waals surface area contributed by atoms with Crippen molar-refractivity contribution in [3.05, 3.63) is 64.7 Å². The SMILES string of the molecule is CCN(C(=O)c1ccccc1)c1cccc(Cl)c1CN(C)CC(=O)N1CCOCC1. The molecule has 1 saturated heterocycles. The highest BCUT2D eigenvalue weighted by Gasteiger charge is 2.23. The van der Waals surface area contributed by atoms with Gasteiger partial charge in [-0.3, -0.25) is 14.5 Å². The fourth-order valence-electron chi connectivity index (χ4n) is 3.59. The summed E-state index contributed by atoms with van der Waals surface area (Å²) in [6.07, 6.45) is 0. The van der Waals surface area contributed by atoms with E-state index >= 15 is 0 Å². The number of anilines is 1. The monoisotopic (exact) mass is 429 g/mol. The van der Waals surface area contributed by atoms with Crippen LogP contribution in [0.4, 0.5) is 5.69 Å². The van der Waals surface area contributed by atoms with Crippen LogP contribution in [0.25, 0.3) is 0 Å². The summed E-state index contributed by atoms with van der Waals surface area (Å²) in [5, 5.41) is 0.581. The number of carbonyl (C=O) groups is 2. The first-order valence-corrected chi connectivity index (χ1v) is 10.6. The van der Waals surface area contributed by atoms with Crippen molar-refractivity contribution in [1.82, 2.24) is 9.80 Å². The molecule has 0 unspecified atom stereocenters. The maximum absolute atomic E-state index is 13.1. The second-order valence-electron chi connectivity index (χ2n) is 7.32. The summed E-state index contributed by atoms with van der Waals surface area (Å²) >= 11 is 6.53. The minimum Gasteiger partial charge on any atom is -0.378 e. The molecule has 6 nitrogen and oxygen atoms in total. The summed E-state index contributed by atoms with van der Waals surface area (Å²) in [4.78, 5) is 31.2. The Bertz CT molecular complexity index is 869. The van der Waals surface area contributed by atoms with E-state index in [1.807, 2.05) is 72.3 Å². The van der Waals surface area contributed by atoms with Gasteiger partial charge < -0.3 is 14.5 Å². The Labute approximate surface area is 183 Å². The van der Waals surface area contributed by atoms with Crippen molar-refractivity contribution in [2.24, 2.45) is 0 Å². The van der Waals surface area contributed by atoms with Crippen molar-refractivity contribution < 1.29 is 14.3 Å². The van der Waals surface area contributed by atoms with Crippen LogP contribution in [0.5, 0.6) is 0 Å². The fourth-order valence-corrected chi connectivity index (χ4v) is 3.82. The largest absolute Gasteiger partial charge is 0.378 e. The summed E-state index contributed by atoms with van der Waals surface area (Å²) in [5.41, 5.74) is 2.23.